The lowest BCUT2D eigenvalue weighted by Gasteiger charge is -2.40. The zero-order valence-electron chi connectivity index (χ0n) is 15.7. The van der Waals surface area contributed by atoms with Gasteiger partial charge in [-0.25, -0.2) is 4.79 Å². The molecule has 0 spiro atoms. The van der Waals surface area contributed by atoms with Gasteiger partial charge in [-0.15, -0.1) is 11.3 Å². The van der Waals surface area contributed by atoms with E-state index in [1.807, 2.05) is 11.0 Å². The highest BCUT2D eigenvalue weighted by atomic mass is 32.1. The summed E-state index contributed by atoms with van der Waals surface area (Å²) in [4.78, 5) is 29.1. The summed E-state index contributed by atoms with van der Waals surface area (Å²) in [6.07, 6.45) is 5.73. The van der Waals surface area contributed by atoms with E-state index in [9.17, 15) is 9.59 Å². The smallest absolute Gasteiger partial charge is 0.349 e. The van der Waals surface area contributed by atoms with E-state index in [1.165, 1.54) is 28.2 Å². The Hall–Kier alpha value is -1.36. The molecule has 1 fully saturated rings. The number of carbonyl (C=O) groups is 2. The molecule has 1 aromatic heterocycles. The van der Waals surface area contributed by atoms with Gasteiger partial charge in [0.1, 0.15) is 4.88 Å². The number of rotatable bonds is 3. The van der Waals surface area contributed by atoms with Crippen molar-refractivity contribution >= 4 is 23.2 Å². The zero-order valence-corrected chi connectivity index (χ0v) is 16.5. The van der Waals surface area contributed by atoms with Crippen molar-refractivity contribution < 1.29 is 14.3 Å². The Balaban J connectivity index is 1.65. The summed E-state index contributed by atoms with van der Waals surface area (Å²) in [6, 6.07) is 2.40. The number of amides is 1. The minimum absolute atomic E-state index is 0.0667. The maximum absolute atomic E-state index is 12.8. The van der Waals surface area contributed by atoms with Crippen LogP contribution in [0, 0.1) is 5.92 Å². The number of fused-ring (bicyclic) bond motifs is 1. The van der Waals surface area contributed by atoms with Crippen LogP contribution in [-0.4, -0.2) is 35.0 Å². The molecule has 4 nitrogen and oxygen atoms in total. The van der Waals surface area contributed by atoms with Crippen molar-refractivity contribution in [3.05, 3.63) is 21.4 Å². The molecule has 1 aliphatic carbocycles. The molecule has 0 radical (unpaired) electrons. The summed E-state index contributed by atoms with van der Waals surface area (Å²) in [6.45, 7) is 8.11. The molecule has 2 heterocycles. The molecule has 1 aliphatic heterocycles. The van der Waals surface area contributed by atoms with Gasteiger partial charge in [-0.1, -0.05) is 6.92 Å². The maximum atomic E-state index is 12.8. The summed E-state index contributed by atoms with van der Waals surface area (Å²) in [5.74, 6) is 0.252. The number of aryl methyl sites for hydroxylation is 1. The summed E-state index contributed by atoms with van der Waals surface area (Å²) >= 11 is 1.54. The molecule has 5 heteroatoms. The van der Waals surface area contributed by atoms with Crippen LogP contribution in [0.2, 0.25) is 0 Å². The van der Waals surface area contributed by atoms with Gasteiger partial charge in [0.2, 0.25) is 0 Å². The van der Waals surface area contributed by atoms with E-state index >= 15 is 0 Å². The van der Waals surface area contributed by atoms with Crippen molar-refractivity contribution in [3.8, 4) is 0 Å². The monoisotopic (exact) mass is 363 g/mol. The first kappa shape index (κ1) is 18.4. The number of piperidine rings is 1. The molecule has 1 amide bonds. The van der Waals surface area contributed by atoms with E-state index in [0.717, 1.165) is 32.1 Å². The summed E-state index contributed by atoms with van der Waals surface area (Å²) < 4.78 is 5.53. The quantitative estimate of drug-likeness (QED) is 0.756. The highest BCUT2D eigenvalue weighted by molar-refractivity contribution is 7.14. The Bertz CT molecular complexity index is 643. The molecule has 0 bridgehead atoms. The summed E-state index contributed by atoms with van der Waals surface area (Å²) in [5.41, 5.74) is 1.29. The van der Waals surface area contributed by atoms with Gasteiger partial charge in [0.25, 0.3) is 5.91 Å². The lowest BCUT2D eigenvalue weighted by atomic mass is 9.90. The van der Waals surface area contributed by atoms with E-state index in [0.29, 0.717) is 10.8 Å². The molecule has 138 valence electrons. The zero-order chi connectivity index (χ0) is 18.1. The number of ether oxygens (including phenoxy) is 1. The fourth-order valence-corrected chi connectivity index (χ4v) is 5.23. The molecular weight excluding hydrogens is 334 g/mol. The average Bonchev–Trinajstić information content (AvgIpc) is 2.97. The first-order valence-corrected chi connectivity index (χ1v) is 10.3. The first-order valence-electron chi connectivity index (χ1n) is 9.51. The number of esters is 1. The number of nitrogens with zero attached hydrogens (tertiary/aromatic N) is 1. The number of hydrogen-bond donors (Lipinski definition) is 0. The topological polar surface area (TPSA) is 46.6 Å². The highest BCUT2D eigenvalue weighted by Crippen LogP contribution is 2.32. The standard InChI is InChI=1S/C20H29NO3S/c1-12-8-9-17-16(10-12)11-18(25-17)20(23)24-15(4)19(22)21-13(2)6-5-7-14(21)3/h11-15H,5-10H2,1-4H3/t12-,13-,14+,15-/m0/s1. The summed E-state index contributed by atoms with van der Waals surface area (Å²) in [7, 11) is 0. The van der Waals surface area contributed by atoms with Gasteiger partial charge < -0.3 is 9.64 Å². The number of thiophene rings is 1. The Morgan fingerprint density at radius 2 is 1.88 bits per heavy atom. The van der Waals surface area contributed by atoms with Crippen LogP contribution in [0.4, 0.5) is 0 Å². The second-order valence-corrected chi connectivity index (χ2v) is 8.97. The van der Waals surface area contributed by atoms with Gasteiger partial charge in [-0.3, -0.25) is 4.79 Å². The molecule has 2 aliphatic rings. The minimum atomic E-state index is -0.728. The van der Waals surface area contributed by atoms with Crippen LogP contribution in [0.25, 0.3) is 0 Å². The van der Waals surface area contributed by atoms with Crippen LogP contribution >= 0.6 is 11.3 Å². The molecule has 25 heavy (non-hydrogen) atoms. The van der Waals surface area contributed by atoms with Crippen molar-refractivity contribution in [2.24, 2.45) is 5.92 Å². The van der Waals surface area contributed by atoms with Crippen LogP contribution in [0.3, 0.4) is 0 Å². The third-order valence-corrected chi connectivity index (χ3v) is 6.83. The van der Waals surface area contributed by atoms with Crippen LogP contribution in [0.1, 0.15) is 73.5 Å². The van der Waals surface area contributed by atoms with Gasteiger partial charge in [0, 0.05) is 17.0 Å². The van der Waals surface area contributed by atoms with E-state index in [-0.39, 0.29) is 24.0 Å². The third kappa shape index (κ3) is 3.91. The first-order chi connectivity index (χ1) is 11.9. The SMILES string of the molecule is C[C@H]1CCc2sc(C(=O)O[C@@H](C)C(=O)N3[C@H](C)CCC[C@@H]3C)cc2C1. The van der Waals surface area contributed by atoms with Gasteiger partial charge >= 0.3 is 5.97 Å². The molecule has 1 saturated heterocycles. The molecular formula is C20H29NO3S. The lowest BCUT2D eigenvalue weighted by molar-refractivity contribution is -0.146. The Morgan fingerprint density at radius 1 is 1.20 bits per heavy atom. The van der Waals surface area contributed by atoms with Crippen LogP contribution in [0.15, 0.2) is 6.07 Å². The van der Waals surface area contributed by atoms with Crippen molar-refractivity contribution in [3.63, 3.8) is 0 Å². The van der Waals surface area contributed by atoms with Gasteiger partial charge in [0.05, 0.1) is 0 Å². The minimum Gasteiger partial charge on any atom is -0.448 e. The maximum Gasteiger partial charge on any atom is 0.349 e. The van der Waals surface area contributed by atoms with Crippen molar-refractivity contribution in [2.45, 2.75) is 84.4 Å². The second kappa shape index (κ2) is 7.48. The molecule has 3 rings (SSSR count). The molecule has 4 atom stereocenters. The normalized spacial score (nSPS) is 27.5. The van der Waals surface area contributed by atoms with E-state index < -0.39 is 6.10 Å². The van der Waals surface area contributed by atoms with Crippen LogP contribution in [-0.2, 0) is 22.4 Å². The Labute approximate surface area is 154 Å². The molecule has 1 aromatic rings. The number of hydrogen-bond acceptors (Lipinski definition) is 4. The van der Waals surface area contributed by atoms with E-state index in [1.54, 1.807) is 6.92 Å². The molecule has 0 unspecified atom stereocenters. The fraction of sp³-hybridized carbons (Fsp3) is 0.700. The predicted octanol–water partition coefficient (Wildman–Crippen LogP) is 4.21. The molecule has 0 saturated carbocycles. The largest absolute Gasteiger partial charge is 0.448 e. The average molecular weight is 364 g/mol. The highest BCUT2D eigenvalue weighted by Gasteiger charge is 2.33. The predicted molar refractivity (Wildman–Crippen MR) is 100 cm³/mol. The molecule has 0 aromatic carbocycles. The van der Waals surface area contributed by atoms with Crippen LogP contribution in [0.5, 0.6) is 0 Å². The van der Waals surface area contributed by atoms with E-state index in [4.69, 9.17) is 4.74 Å². The van der Waals surface area contributed by atoms with Crippen molar-refractivity contribution in [1.82, 2.24) is 4.90 Å². The van der Waals surface area contributed by atoms with Gasteiger partial charge in [-0.05, 0) is 76.8 Å². The Morgan fingerprint density at radius 3 is 2.56 bits per heavy atom. The second-order valence-electron chi connectivity index (χ2n) is 7.83. The number of likely N-dealkylation sites (tertiary alicyclic amines) is 1. The van der Waals surface area contributed by atoms with Crippen molar-refractivity contribution in [2.75, 3.05) is 0 Å². The molecule has 0 N–H and O–H groups in total. The van der Waals surface area contributed by atoms with Crippen molar-refractivity contribution in [1.29, 1.82) is 0 Å². The Kier molecular flexibility index (Phi) is 5.52. The fourth-order valence-electron chi connectivity index (χ4n) is 4.14. The van der Waals surface area contributed by atoms with Gasteiger partial charge in [-0.2, -0.15) is 0 Å². The van der Waals surface area contributed by atoms with Gasteiger partial charge in [0.15, 0.2) is 6.10 Å². The lowest BCUT2D eigenvalue weighted by Crippen LogP contribution is -2.51. The van der Waals surface area contributed by atoms with Crippen LogP contribution < -0.4 is 0 Å². The van der Waals surface area contributed by atoms with E-state index in [2.05, 4.69) is 20.8 Å². The number of carbonyl (C=O) groups excluding carboxylic acids is 2. The third-order valence-electron chi connectivity index (χ3n) is 5.61. The summed E-state index contributed by atoms with van der Waals surface area (Å²) in [5, 5.41) is 0.